The van der Waals surface area contributed by atoms with E-state index in [1.54, 1.807) is 0 Å². The summed E-state index contributed by atoms with van der Waals surface area (Å²) in [6, 6.07) is 84.5. The monoisotopic (exact) mass is 989 g/mol. The van der Waals surface area contributed by atoms with Gasteiger partial charge >= 0.3 is 0 Å². The Morgan fingerprint density at radius 3 is 1.73 bits per heavy atom. The summed E-state index contributed by atoms with van der Waals surface area (Å²) < 4.78 is 9.47. The minimum atomic E-state index is -0.328. The van der Waals surface area contributed by atoms with Crippen LogP contribution in [0.15, 0.2) is 241 Å². The number of fused-ring (bicyclic) bond motifs is 11. The van der Waals surface area contributed by atoms with Crippen molar-refractivity contribution < 1.29 is 4.42 Å². The second-order valence-corrected chi connectivity index (χ2v) is 21.6. The summed E-state index contributed by atoms with van der Waals surface area (Å²) in [5, 5.41) is 4.51. The van der Waals surface area contributed by atoms with E-state index in [1.165, 1.54) is 50.1 Å². The summed E-state index contributed by atoms with van der Waals surface area (Å²) in [6.07, 6.45) is 0. The van der Waals surface area contributed by atoms with Crippen molar-refractivity contribution in [2.75, 3.05) is 4.90 Å². The average molecular weight is 990 g/mol. The molecular weight excluding hydrogens is 939 g/mol. The molecule has 6 heteroatoms. The normalized spacial score (nSPS) is 13.7. The van der Waals surface area contributed by atoms with Gasteiger partial charge in [-0.3, -0.25) is 9.47 Å². The van der Waals surface area contributed by atoms with Gasteiger partial charge in [-0.2, -0.15) is 9.97 Å². The molecule has 3 aromatic heterocycles. The van der Waals surface area contributed by atoms with Crippen LogP contribution in [-0.2, 0) is 10.8 Å². The highest BCUT2D eigenvalue weighted by atomic mass is 16.4. The van der Waals surface area contributed by atoms with E-state index >= 15 is 0 Å². The van der Waals surface area contributed by atoms with Gasteiger partial charge in [-0.25, -0.2) is 4.98 Å². The number of anilines is 3. The smallest absolute Gasteiger partial charge is 0.238 e. The predicted octanol–water partition coefficient (Wildman–Crippen LogP) is 18.5. The van der Waals surface area contributed by atoms with E-state index in [-0.39, 0.29) is 10.8 Å². The highest BCUT2D eigenvalue weighted by molar-refractivity contribution is 6.13. The van der Waals surface area contributed by atoms with Crippen molar-refractivity contribution >= 4 is 49.8 Å². The first kappa shape index (κ1) is 44.8. The van der Waals surface area contributed by atoms with Crippen LogP contribution >= 0.6 is 0 Å². The fraction of sp³-hybridized carbons (Fsp3) is 0.0845. The van der Waals surface area contributed by atoms with E-state index < -0.39 is 0 Å². The maximum Gasteiger partial charge on any atom is 0.238 e. The van der Waals surface area contributed by atoms with Crippen molar-refractivity contribution in [2.24, 2.45) is 0 Å². The summed E-state index contributed by atoms with van der Waals surface area (Å²) in [4.78, 5) is 18.4. The van der Waals surface area contributed by atoms with Crippen LogP contribution in [-0.4, -0.2) is 19.5 Å². The van der Waals surface area contributed by atoms with Crippen LogP contribution in [0, 0.1) is 0 Å². The average Bonchev–Trinajstić information content (AvgIpc) is 4.42. The Hall–Kier alpha value is -9.65. The molecule has 2 aliphatic carbocycles. The van der Waals surface area contributed by atoms with Crippen LogP contribution in [0.1, 0.15) is 49.9 Å². The van der Waals surface area contributed by atoms with E-state index in [9.17, 15) is 0 Å². The molecule has 0 N–H and O–H groups in total. The molecule has 13 aromatic rings. The molecule has 2 aliphatic rings. The third-order valence-electron chi connectivity index (χ3n) is 16.5. The van der Waals surface area contributed by atoms with Crippen LogP contribution in [0.4, 0.5) is 17.3 Å². The summed E-state index contributed by atoms with van der Waals surface area (Å²) >= 11 is 0. The number of hydrogen-bond donors (Lipinski definition) is 0. The molecule has 0 amide bonds. The molecule has 10 aromatic carbocycles. The third-order valence-corrected chi connectivity index (χ3v) is 16.5. The van der Waals surface area contributed by atoms with E-state index in [0.717, 1.165) is 72.0 Å². The van der Waals surface area contributed by atoms with Crippen LogP contribution in [0.25, 0.3) is 106 Å². The van der Waals surface area contributed by atoms with Gasteiger partial charge in [-0.15, -0.1) is 0 Å². The molecule has 15 rings (SSSR count). The third kappa shape index (κ3) is 6.98. The van der Waals surface area contributed by atoms with Crippen LogP contribution < -0.4 is 4.90 Å². The topological polar surface area (TPSA) is 60.0 Å². The molecule has 0 spiro atoms. The van der Waals surface area contributed by atoms with Crippen molar-refractivity contribution in [2.45, 2.75) is 38.5 Å². The molecule has 0 radical (unpaired) electrons. The molecule has 6 nitrogen and oxygen atoms in total. The Labute approximate surface area is 447 Å². The Bertz CT molecular complexity index is 4510. The molecule has 0 saturated carbocycles. The summed E-state index contributed by atoms with van der Waals surface area (Å²) in [7, 11) is 0. The van der Waals surface area contributed by atoms with Gasteiger partial charge in [0.05, 0.1) is 11.0 Å². The first-order chi connectivity index (χ1) is 37.7. The molecule has 0 fully saturated rings. The Kier molecular flexibility index (Phi) is 9.85. The first-order valence-corrected chi connectivity index (χ1v) is 26.5. The molecule has 77 heavy (non-hydrogen) atoms. The summed E-state index contributed by atoms with van der Waals surface area (Å²) in [5.41, 5.74) is 18.9. The number of benzene rings is 10. The minimum absolute atomic E-state index is 0.179. The molecule has 366 valence electrons. The van der Waals surface area contributed by atoms with Gasteiger partial charge in [0.15, 0.2) is 11.6 Å². The van der Waals surface area contributed by atoms with Crippen molar-refractivity contribution in [1.82, 2.24) is 19.5 Å². The van der Waals surface area contributed by atoms with E-state index in [4.69, 9.17) is 19.4 Å². The van der Waals surface area contributed by atoms with E-state index in [2.05, 4.69) is 256 Å². The molecule has 0 saturated heterocycles. The Balaban J connectivity index is 0.932. The zero-order valence-electron chi connectivity index (χ0n) is 43.2. The largest absolute Gasteiger partial charge is 0.440 e. The Morgan fingerprint density at radius 1 is 0.390 bits per heavy atom. The highest BCUT2D eigenvalue weighted by Crippen LogP contribution is 2.54. The number of hydrogen-bond acceptors (Lipinski definition) is 5. The number of nitrogens with zero attached hydrogens (tertiary/aromatic N) is 5. The van der Waals surface area contributed by atoms with Crippen molar-refractivity contribution in [3.8, 4) is 73.4 Å². The molecule has 0 bridgehead atoms. The molecule has 3 heterocycles. The fourth-order valence-electron chi connectivity index (χ4n) is 12.6. The zero-order chi connectivity index (χ0) is 51.6. The first-order valence-electron chi connectivity index (χ1n) is 26.5. The van der Waals surface area contributed by atoms with Crippen molar-refractivity contribution in [1.29, 1.82) is 0 Å². The van der Waals surface area contributed by atoms with Gasteiger partial charge < -0.3 is 4.42 Å². The number of furan rings is 1. The maximum absolute atomic E-state index is 7.17. The number of rotatable bonds is 8. The quantitative estimate of drug-likeness (QED) is 0.152. The Morgan fingerprint density at radius 2 is 0.961 bits per heavy atom. The zero-order valence-corrected chi connectivity index (χ0v) is 43.2. The van der Waals surface area contributed by atoms with Gasteiger partial charge in [0.25, 0.3) is 0 Å². The molecular formula is C71H51N5O. The van der Waals surface area contributed by atoms with Gasteiger partial charge in [0.2, 0.25) is 11.8 Å². The molecule has 0 atom stereocenters. The van der Waals surface area contributed by atoms with Gasteiger partial charge in [-0.05, 0) is 109 Å². The number of aromatic nitrogens is 4. The lowest BCUT2D eigenvalue weighted by atomic mass is 9.81. The summed E-state index contributed by atoms with van der Waals surface area (Å²) in [5.74, 6) is 3.21. The van der Waals surface area contributed by atoms with E-state index in [1.807, 2.05) is 18.2 Å². The van der Waals surface area contributed by atoms with Gasteiger partial charge in [0.1, 0.15) is 5.76 Å². The van der Waals surface area contributed by atoms with E-state index in [0.29, 0.717) is 23.5 Å². The standard InChI is InChI=1S/C71H51N5O/c1-70(2)59-25-15-13-23-53(59)55-36-34-52(43-61(55)70)75(51-32-29-46(30-33-51)44-17-7-5-8-18-44)64-40-39-63(77-64)49-31-35-56-58-38-37-57-54-24-14-16-26-60(54)71(3,4)65(57)66(58)76(62(56)42-49)69-73-67(47-20-9-6-10-21-47)72-68(74-69)50-28-27-45-19-11-12-22-48(45)41-50/h5-43H,1-4H3. The lowest BCUT2D eigenvalue weighted by Gasteiger charge is -2.26. The predicted molar refractivity (Wildman–Crippen MR) is 315 cm³/mol. The lowest BCUT2D eigenvalue weighted by Crippen LogP contribution is -2.17. The van der Waals surface area contributed by atoms with Gasteiger partial charge in [0, 0.05) is 55.7 Å². The highest BCUT2D eigenvalue weighted by Gasteiger charge is 2.39. The van der Waals surface area contributed by atoms with Crippen LogP contribution in [0.2, 0.25) is 0 Å². The maximum atomic E-state index is 7.17. The van der Waals surface area contributed by atoms with Crippen molar-refractivity contribution in [3.63, 3.8) is 0 Å². The molecule has 0 unspecified atom stereocenters. The van der Waals surface area contributed by atoms with Crippen molar-refractivity contribution in [3.05, 3.63) is 259 Å². The molecule has 0 aliphatic heterocycles. The summed E-state index contributed by atoms with van der Waals surface area (Å²) in [6.45, 7) is 9.36. The van der Waals surface area contributed by atoms with Crippen LogP contribution in [0.5, 0.6) is 0 Å². The SMILES string of the molecule is CC1(C)c2ccccc2-c2ccc(N(c3ccc(-c4ccccc4)cc3)c3ccc(-c4ccc5c6ccc7c(c6n(-c6nc(-c8ccccc8)nc(-c8ccc9ccccc9c8)n6)c5c4)C(C)(C)c4ccccc4-7)o3)cc21. The fourth-order valence-corrected chi connectivity index (χ4v) is 12.6. The van der Waals surface area contributed by atoms with Crippen LogP contribution in [0.3, 0.4) is 0 Å². The second kappa shape index (κ2) is 16.9. The lowest BCUT2D eigenvalue weighted by molar-refractivity contribution is 0.588. The minimum Gasteiger partial charge on any atom is -0.440 e. The second-order valence-electron chi connectivity index (χ2n) is 21.6. The van der Waals surface area contributed by atoms with Gasteiger partial charge in [-0.1, -0.05) is 216 Å².